The van der Waals surface area contributed by atoms with Crippen LogP contribution in [0.15, 0.2) is 18.2 Å². The molecule has 0 aliphatic rings. The number of methoxy groups -OCH3 is 1. The maximum atomic E-state index is 12.2. The van der Waals surface area contributed by atoms with Crippen LogP contribution in [0.4, 0.5) is 0 Å². The van der Waals surface area contributed by atoms with Gasteiger partial charge in [0, 0.05) is 5.02 Å². The van der Waals surface area contributed by atoms with Gasteiger partial charge in [-0.25, -0.2) is 0 Å². The molecule has 1 aromatic carbocycles. The van der Waals surface area contributed by atoms with Crippen LogP contribution >= 0.6 is 23.8 Å². The fraction of sp³-hybridized carbons (Fsp3) is 0.385. The van der Waals surface area contributed by atoms with Crippen molar-refractivity contribution in [1.29, 1.82) is 0 Å². The predicted octanol–water partition coefficient (Wildman–Crippen LogP) is 2.53. The first kappa shape index (κ1) is 15.7. The normalized spacial score (nSPS) is 11.7. The number of nitrogens with two attached hydrogens (primary N) is 1. The molecule has 0 aliphatic carbocycles. The highest BCUT2D eigenvalue weighted by atomic mass is 35.5. The molecule has 0 aromatic heterocycles. The van der Waals surface area contributed by atoms with E-state index in [1.54, 1.807) is 18.2 Å². The molecule has 0 fully saturated rings. The number of amides is 1. The lowest BCUT2D eigenvalue weighted by Gasteiger charge is -2.17. The first-order chi connectivity index (χ1) is 8.99. The molecule has 0 heterocycles. The number of benzene rings is 1. The average molecular weight is 301 g/mol. The number of rotatable bonds is 6. The molecule has 0 saturated heterocycles. The topological polar surface area (TPSA) is 64.3 Å². The molecule has 0 radical (unpaired) electrons. The standard InChI is InChI=1S/C13H17ClN2O2S/c1-3-4-10(12(15)19)16-13(17)9-6-5-8(14)7-11(9)18-2/h5-7,10H,3-4H2,1-2H3,(H2,15,19)(H,16,17). The second-order valence-corrected chi connectivity index (χ2v) is 4.97. The summed E-state index contributed by atoms with van der Waals surface area (Å²) >= 11 is 10.8. The smallest absolute Gasteiger partial charge is 0.255 e. The Morgan fingerprint density at radius 2 is 2.26 bits per heavy atom. The third-order valence-corrected chi connectivity index (χ3v) is 3.15. The molecule has 0 spiro atoms. The van der Waals surface area contributed by atoms with E-state index in [-0.39, 0.29) is 16.9 Å². The average Bonchev–Trinajstić information content (AvgIpc) is 2.37. The van der Waals surface area contributed by atoms with Crippen molar-refractivity contribution in [3.8, 4) is 5.75 Å². The van der Waals surface area contributed by atoms with Crippen molar-refractivity contribution in [3.63, 3.8) is 0 Å². The van der Waals surface area contributed by atoms with Gasteiger partial charge in [0.15, 0.2) is 0 Å². The van der Waals surface area contributed by atoms with Crippen molar-refractivity contribution in [3.05, 3.63) is 28.8 Å². The number of carbonyl (C=O) groups excluding carboxylic acids is 1. The molecule has 1 rings (SSSR count). The highest BCUT2D eigenvalue weighted by molar-refractivity contribution is 7.80. The zero-order chi connectivity index (χ0) is 14.4. The Bertz CT molecular complexity index is 480. The van der Waals surface area contributed by atoms with Crippen LogP contribution in [0.25, 0.3) is 0 Å². The summed E-state index contributed by atoms with van der Waals surface area (Å²) in [4.78, 5) is 12.5. The molecule has 1 unspecified atom stereocenters. The van der Waals surface area contributed by atoms with Gasteiger partial charge >= 0.3 is 0 Å². The van der Waals surface area contributed by atoms with Gasteiger partial charge in [0.1, 0.15) is 5.75 Å². The molecule has 0 saturated carbocycles. The molecule has 104 valence electrons. The maximum Gasteiger partial charge on any atom is 0.255 e. The van der Waals surface area contributed by atoms with Crippen molar-refractivity contribution in [2.45, 2.75) is 25.8 Å². The van der Waals surface area contributed by atoms with Crippen molar-refractivity contribution in [2.75, 3.05) is 7.11 Å². The van der Waals surface area contributed by atoms with Gasteiger partial charge in [0.2, 0.25) is 0 Å². The van der Waals surface area contributed by atoms with Gasteiger partial charge in [0.25, 0.3) is 5.91 Å². The van der Waals surface area contributed by atoms with E-state index in [9.17, 15) is 4.79 Å². The molecule has 0 bridgehead atoms. The van der Waals surface area contributed by atoms with E-state index in [1.807, 2.05) is 6.92 Å². The van der Waals surface area contributed by atoms with Gasteiger partial charge < -0.3 is 15.8 Å². The minimum Gasteiger partial charge on any atom is -0.496 e. The number of hydrogen-bond donors (Lipinski definition) is 2. The molecular formula is C13H17ClN2O2S. The number of ether oxygens (including phenoxy) is 1. The zero-order valence-electron chi connectivity index (χ0n) is 10.9. The fourth-order valence-corrected chi connectivity index (χ4v) is 2.00. The van der Waals surface area contributed by atoms with Crippen LogP contribution in [0.3, 0.4) is 0 Å². The van der Waals surface area contributed by atoms with Crippen molar-refractivity contribution >= 4 is 34.7 Å². The fourth-order valence-electron chi connectivity index (χ4n) is 1.66. The third-order valence-electron chi connectivity index (χ3n) is 2.63. The van der Waals surface area contributed by atoms with E-state index < -0.39 is 0 Å². The molecule has 1 atom stereocenters. The minimum absolute atomic E-state index is 0.278. The van der Waals surface area contributed by atoms with E-state index in [4.69, 9.17) is 34.3 Å². The summed E-state index contributed by atoms with van der Waals surface area (Å²) in [5.41, 5.74) is 6.01. The lowest BCUT2D eigenvalue weighted by Crippen LogP contribution is -2.43. The predicted molar refractivity (Wildman–Crippen MR) is 81.0 cm³/mol. The van der Waals surface area contributed by atoms with Crippen molar-refractivity contribution in [1.82, 2.24) is 5.32 Å². The van der Waals surface area contributed by atoms with Gasteiger partial charge in [-0.2, -0.15) is 0 Å². The minimum atomic E-state index is -0.312. The SMILES string of the molecule is CCCC(NC(=O)c1ccc(Cl)cc1OC)C(N)=S. The summed E-state index contributed by atoms with van der Waals surface area (Å²) in [6.45, 7) is 2.00. The monoisotopic (exact) mass is 300 g/mol. The van der Waals surface area contributed by atoms with Crippen LogP contribution < -0.4 is 15.8 Å². The van der Waals surface area contributed by atoms with E-state index in [0.717, 1.165) is 6.42 Å². The summed E-state index contributed by atoms with van der Waals surface area (Å²) in [6, 6.07) is 4.52. The van der Waals surface area contributed by atoms with Crippen molar-refractivity contribution < 1.29 is 9.53 Å². The highest BCUT2D eigenvalue weighted by Crippen LogP contribution is 2.23. The summed E-state index contributed by atoms with van der Waals surface area (Å²) in [5, 5.41) is 3.31. The third kappa shape index (κ3) is 4.36. The van der Waals surface area contributed by atoms with Crippen molar-refractivity contribution in [2.24, 2.45) is 5.73 Å². The van der Waals surface area contributed by atoms with E-state index >= 15 is 0 Å². The van der Waals surface area contributed by atoms with Crippen LogP contribution in [0.1, 0.15) is 30.1 Å². The number of carbonyl (C=O) groups is 1. The Morgan fingerprint density at radius 1 is 1.58 bits per heavy atom. The van der Waals surface area contributed by atoms with Crippen LogP contribution in [0.2, 0.25) is 5.02 Å². The molecular weight excluding hydrogens is 284 g/mol. The van der Waals surface area contributed by atoms with Gasteiger partial charge in [0.05, 0.1) is 23.7 Å². The zero-order valence-corrected chi connectivity index (χ0v) is 12.5. The molecule has 6 heteroatoms. The molecule has 3 N–H and O–H groups in total. The summed E-state index contributed by atoms with van der Waals surface area (Å²) in [7, 11) is 1.49. The van der Waals surface area contributed by atoms with E-state index in [1.165, 1.54) is 7.11 Å². The second kappa shape index (κ2) is 7.31. The Balaban J connectivity index is 2.91. The summed E-state index contributed by atoms with van der Waals surface area (Å²) < 4.78 is 5.14. The van der Waals surface area contributed by atoms with Crippen LogP contribution in [-0.2, 0) is 0 Å². The Labute approximate surface area is 123 Å². The maximum absolute atomic E-state index is 12.2. The van der Waals surface area contributed by atoms with Crippen LogP contribution in [-0.4, -0.2) is 24.0 Å². The summed E-state index contributed by atoms with van der Waals surface area (Å²) in [6.07, 6.45) is 1.58. The molecule has 19 heavy (non-hydrogen) atoms. The van der Waals surface area contributed by atoms with Crippen LogP contribution in [0.5, 0.6) is 5.75 Å². The molecule has 1 amide bonds. The molecule has 0 aliphatic heterocycles. The largest absolute Gasteiger partial charge is 0.496 e. The Morgan fingerprint density at radius 3 is 2.79 bits per heavy atom. The molecule has 1 aromatic rings. The van der Waals surface area contributed by atoms with E-state index in [2.05, 4.69) is 5.32 Å². The second-order valence-electron chi connectivity index (χ2n) is 4.06. The highest BCUT2D eigenvalue weighted by Gasteiger charge is 2.18. The quantitative estimate of drug-likeness (QED) is 0.793. The summed E-state index contributed by atoms with van der Waals surface area (Å²) in [5.74, 6) is 0.142. The number of hydrogen-bond acceptors (Lipinski definition) is 3. The Kier molecular flexibility index (Phi) is 6.05. The Hall–Kier alpha value is -1.33. The van der Waals surface area contributed by atoms with Gasteiger partial charge in [-0.3, -0.25) is 4.79 Å². The number of nitrogens with one attached hydrogen (secondary N) is 1. The first-order valence-electron chi connectivity index (χ1n) is 5.93. The van der Waals surface area contributed by atoms with Gasteiger partial charge in [-0.15, -0.1) is 0 Å². The lowest BCUT2D eigenvalue weighted by molar-refractivity contribution is 0.0942. The van der Waals surface area contributed by atoms with Gasteiger partial charge in [-0.1, -0.05) is 37.2 Å². The van der Waals surface area contributed by atoms with Gasteiger partial charge in [-0.05, 0) is 24.6 Å². The van der Waals surface area contributed by atoms with Crippen LogP contribution in [0, 0.1) is 0 Å². The number of halogens is 1. The lowest BCUT2D eigenvalue weighted by atomic mass is 10.1. The number of thiocarbonyl (C=S) groups is 1. The van der Waals surface area contributed by atoms with E-state index in [0.29, 0.717) is 22.8 Å². The molecule has 4 nitrogen and oxygen atoms in total. The first-order valence-corrected chi connectivity index (χ1v) is 6.72.